The van der Waals surface area contributed by atoms with Crippen LogP contribution in [0.2, 0.25) is 0 Å². The maximum Gasteiger partial charge on any atom is 0.223 e. The molecule has 0 saturated heterocycles. The molecule has 0 aromatic heterocycles. The van der Waals surface area contributed by atoms with Crippen LogP contribution in [0.4, 0.5) is 0 Å². The Morgan fingerprint density at radius 2 is 2.25 bits per heavy atom. The summed E-state index contributed by atoms with van der Waals surface area (Å²) in [4.78, 5) is 9.53. The lowest BCUT2D eigenvalue weighted by atomic mass is 10.4. The molecule has 0 saturated carbocycles. The van der Waals surface area contributed by atoms with Gasteiger partial charge in [-0.1, -0.05) is 6.58 Å². The lowest BCUT2D eigenvalue weighted by Crippen LogP contribution is -1.96. The number of allylic oxidation sites excluding steroid dienone is 3. The molecule has 4 nitrogen and oxygen atoms in total. The molecule has 0 aliphatic heterocycles. The molecule has 5 heteroatoms. The van der Waals surface area contributed by atoms with Gasteiger partial charge in [-0.2, -0.15) is 0 Å². The summed E-state index contributed by atoms with van der Waals surface area (Å²) in [5.41, 5.74) is 5.68. The quantitative estimate of drug-likeness (QED) is 0.368. The summed E-state index contributed by atoms with van der Waals surface area (Å²) >= 11 is 1.98. The Bertz CT molecular complexity index is 246. The maximum atomic E-state index is 9.93. The summed E-state index contributed by atoms with van der Waals surface area (Å²) in [6, 6.07) is 0. The fourth-order valence-corrected chi connectivity index (χ4v) is 0.793. The van der Waals surface area contributed by atoms with Gasteiger partial charge >= 0.3 is 0 Å². The summed E-state index contributed by atoms with van der Waals surface area (Å²) in [7, 11) is 0. The summed E-state index contributed by atoms with van der Waals surface area (Å²) in [5, 5.41) is 9.93. The van der Waals surface area contributed by atoms with Gasteiger partial charge in [0.15, 0.2) is 0 Å². The van der Waals surface area contributed by atoms with Crippen molar-refractivity contribution >= 4 is 22.6 Å². The zero-order valence-corrected chi connectivity index (χ0v) is 8.52. The highest BCUT2D eigenvalue weighted by molar-refractivity contribution is 14.1. The smallest absolute Gasteiger partial charge is 0.223 e. The van der Waals surface area contributed by atoms with Crippen molar-refractivity contribution in [1.82, 2.24) is 0 Å². The highest BCUT2D eigenvalue weighted by Gasteiger charge is 1.91. The third kappa shape index (κ3) is 7.26. The van der Waals surface area contributed by atoms with Crippen molar-refractivity contribution in [3.8, 4) is 0 Å². The minimum atomic E-state index is -0.399. The van der Waals surface area contributed by atoms with Crippen LogP contribution >= 0.6 is 22.6 Å². The fourth-order valence-electron chi connectivity index (χ4n) is 0.416. The lowest BCUT2D eigenvalue weighted by molar-refractivity contribution is -0.468. The number of halogens is 1. The molecule has 0 aliphatic carbocycles. The molecule has 0 rings (SSSR count). The molecule has 0 aromatic rings. The molecule has 0 unspecified atom stereocenters. The second-order valence-electron chi connectivity index (χ2n) is 2.01. The molecule has 0 bridgehead atoms. The molecule has 0 aliphatic rings. The van der Waals surface area contributed by atoms with E-state index in [9.17, 15) is 10.1 Å². The van der Waals surface area contributed by atoms with Crippen LogP contribution in [-0.2, 0) is 0 Å². The largest absolute Gasteiger partial charge is 0.399 e. The third-order valence-electron chi connectivity index (χ3n) is 0.892. The van der Waals surface area contributed by atoms with Crippen molar-refractivity contribution < 1.29 is 4.92 Å². The van der Waals surface area contributed by atoms with E-state index in [1.807, 2.05) is 22.6 Å². The van der Waals surface area contributed by atoms with E-state index in [-0.39, 0.29) is 6.54 Å². The second kappa shape index (κ2) is 5.76. The van der Waals surface area contributed by atoms with Crippen molar-refractivity contribution in [1.29, 1.82) is 0 Å². The molecule has 0 radical (unpaired) electrons. The minimum absolute atomic E-state index is 0.167. The zero-order chi connectivity index (χ0) is 9.56. The van der Waals surface area contributed by atoms with E-state index in [0.717, 1.165) is 3.58 Å². The highest BCUT2D eigenvalue weighted by atomic mass is 127. The van der Waals surface area contributed by atoms with E-state index in [2.05, 4.69) is 6.58 Å². The standard InChI is InChI=1S/C7H9IN2O2/c1-6(9)2-3-7(8)4-5-10(11)12/h2-4H,1,5,9H2/b3-2-,7-4+. The lowest BCUT2D eigenvalue weighted by Gasteiger charge is -1.88. The number of rotatable bonds is 4. The van der Waals surface area contributed by atoms with E-state index in [0.29, 0.717) is 5.70 Å². The Kier molecular flexibility index (Phi) is 5.35. The molecular formula is C7H9IN2O2. The molecule has 0 aromatic carbocycles. The monoisotopic (exact) mass is 280 g/mol. The highest BCUT2D eigenvalue weighted by Crippen LogP contribution is 2.07. The Labute approximate surface area is 84.1 Å². The number of hydrogen-bond acceptors (Lipinski definition) is 3. The number of nitrogens with two attached hydrogens (primary N) is 1. The number of nitrogens with zero attached hydrogens (tertiary/aromatic N) is 1. The average molecular weight is 280 g/mol. The Hall–Kier alpha value is -0.850. The molecule has 66 valence electrons. The van der Waals surface area contributed by atoms with E-state index >= 15 is 0 Å². The van der Waals surface area contributed by atoms with E-state index in [1.165, 1.54) is 6.08 Å². The van der Waals surface area contributed by atoms with Gasteiger partial charge in [0.1, 0.15) is 0 Å². The Balaban J connectivity index is 4.02. The van der Waals surface area contributed by atoms with Crippen LogP contribution in [0.15, 0.2) is 34.1 Å². The summed E-state index contributed by atoms with van der Waals surface area (Å²) in [6.07, 6.45) is 4.77. The summed E-state index contributed by atoms with van der Waals surface area (Å²) < 4.78 is 0.774. The van der Waals surface area contributed by atoms with Gasteiger partial charge in [-0.15, -0.1) is 0 Å². The van der Waals surface area contributed by atoms with E-state index in [4.69, 9.17) is 5.73 Å². The Morgan fingerprint density at radius 3 is 2.67 bits per heavy atom. The molecule has 0 amide bonds. The van der Waals surface area contributed by atoms with E-state index < -0.39 is 4.92 Å². The van der Waals surface area contributed by atoms with Crippen LogP contribution in [0.1, 0.15) is 0 Å². The molecular weight excluding hydrogens is 271 g/mol. The van der Waals surface area contributed by atoms with Crippen LogP contribution in [-0.4, -0.2) is 11.5 Å². The SMILES string of the molecule is C=C(N)/C=C\C(I)=C/C[N+](=O)[O-]. The number of nitro groups is 1. The van der Waals surface area contributed by atoms with Gasteiger partial charge < -0.3 is 5.73 Å². The van der Waals surface area contributed by atoms with Crippen molar-refractivity contribution in [3.05, 3.63) is 44.2 Å². The van der Waals surface area contributed by atoms with Gasteiger partial charge in [0, 0.05) is 14.2 Å². The molecule has 12 heavy (non-hydrogen) atoms. The predicted molar refractivity (Wildman–Crippen MR) is 56.4 cm³/mol. The zero-order valence-electron chi connectivity index (χ0n) is 6.37. The maximum absolute atomic E-state index is 9.93. The van der Waals surface area contributed by atoms with Gasteiger partial charge in [0.25, 0.3) is 0 Å². The molecule has 0 heterocycles. The van der Waals surface area contributed by atoms with Crippen molar-refractivity contribution in [2.45, 2.75) is 0 Å². The van der Waals surface area contributed by atoms with Crippen LogP contribution in [0.5, 0.6) is 0 Å². The van der Waals surface area contributed by atoms with Crippen molar-refractivity contribution in [2.24, 2.45) is 5.73 Å². The number of hydrogen-bond donors (Lipinski definition) is 1. The fraction of sp³-hybridized carbons (Fsp3) is 0.143. The topological polar surface area (TPSA) is 69.2 Å². The van der Waals surface area contributed by atoms with Gasteiger partial charge in [0.05, 0.1) is 0 Å². The molecule has 2 N–H and O–H groups in total. The van der Waals surface area contributed by atoms with Crippen molar-refractivity contribution in [3.63, 3.8) is 0 Å². The molecule has 0 spiro atoms. The van der Waals surface area contributed by atoms with Gasteiger partial charge in [0.2, 0.25) is 6.54 Å². The van der Waals surface area contributed by atoms with Gasteiger partial charge in [-0.3, -0.25) is 10.1 Å². The van der Waals surface area contributed by atoms with Crippen LogP contribution < -0.4 is 5.73 Å². The average Bonchev–Trinajstić information content (AvgIpc) is 1.96. The van der Waals surface area contributed by atoms with Crippen LogP contribution in [0.25, 0.3) is 0 Å². The predicted octanol–water partition coefficient (Wildman–Crippen LogP) is 1.61. The summed E-state index contributed by atoms with van der Waals surface area (Å²) in [6.45, 7) is 3.28. The van der Waals surface area contributed by atoms with Crippen LogP contribution in [0, 0.1) is 10.1 Å². The van der Waals surface area contributed by atoms with Gasteiger partial charge in [-0.25, -0.2) is 0 Å². The third-order valence-corrected chi connectivity index (χ3v) is 1.69. The molecule has 0 atom stereocenters. The Morgan fingerprint density at radius 1 is 1.67 bits per heavy atom. The van der Waals surface area contributed by atoms with Crippen LogP contribution in [0.3, 0.4) is 0 Å². The normalized spacial score (nSPS) is 11.9. The van der Waals surface area contributed by atoms with Gasteiger partial charge in [-0.05, 0) is 40.8 Å². The van der Waals surface area contributed by atoms with Crippen molar-refractivity contribution in [2.75, 3.05) is 6.54 Å². The first kappa shape index (κ1) is 11.2. The first-order valence-electron chi connectivity index (χ1n) is 3.12. The summed E-state index contributed by atoms with van der Waals surface area (Å²) in [5.74, 6) is 0. The second-order valence-corrected chi connectivity index (χ2v) is 3.26. The first-order chi connectivity index (χ1) is 5.52. The minimum Gasteiger partial charge on any atom is -0.399 e. The molecule has 0 fully saturated rings. The first-order valence-corrected chi connectivity index (χ1v) is 4.20. The van der Waals surface area contributed by atoms with E-state index in [1.54, 1.807) is 12.2 Å².